The van der Waals surface area contributed by atoms with Gasteiger partial charge in [-0.25, -0.2) is 9.68 Å². The quantitative estimate of drug-likeness (QED) is 0.185. The smallest absolute Gasteiger partial charge is 0.334 e. The Kier molecular flexibility index (Phi) is 5.32. The van der Waals surface area contributed by atoms with E-state index in [1.54, 1.807) is 6.92 Å². The zero-order valence-corrected chi connectivity index (χ0v) is 15.7. The molecule has 146 valence electrons. The van der Waals surface area contributed by atoms with Crippen LogP contribution in [0, 0.1) is 5.92 Å². The highest BCUT2D eigenvalue weighted by Gasteiger charge is 2.52. The lowest BCUT2D eigenvalue weighted by molar-refractivity contribution is -0.272. The maximum Gasteiger partial charge on any atom is 0.334 e. The number of epoxide rings is 1. The van der Waals surface area contributed by atoms with Crippen LogP contribution in [0.25, 0.3) is 0 Å². The molecular formula is C20H30O6. The van der Waals surface area contributed by atoms with Gasteiger partial charge in [-0.05, 0) is 70.3 Å². The van der Waals surface area contributed by atoms with E-state index in [-0.39, 0.29) is 17.6 Å². The van der Waals surface area contributed by atoms with Gasteiger partial charge in [0.15, 0.2) is 0 Å². The lowest BCUT2D eigenvalue weighted by Crippen LogP contribution is -2.47. The first-order chi connectivity index (χ1) is 12.2. The van der Waals surface area contributed by atoms with E-state index in [0.29, 0.717) is 31.3 Å². The number of aliphatic hydroxyl groups is 1. The van der Waals surface area contributed by atoms with Gasteiger partial charge in [-0.3, -0.25) is 5.26 Å². The summed E-state index contributed by atoms with van der Waals surface area (Å²) in [7, 11) is 0. The summed E-state index contributed by atoms with van der Waals surface area (Å²) in [6.07, 6.45) is 3.39. The molecular weight excluding hydrogens is 336 g/mol. The Balaban J connectivity index is 1.81. The van der Waals surface area contributed by atoms with Crippen molar-refractivity contribution in [2.75, 3.05) is 0 Å². The monoisotopic (exact) mass is 366 g/mol. The van der Waals surface area contributed by atoms with Crippen LogP contribution in [0.3, 0.4) is 0 Å². The molecule has 2 bridgehead atoms. The summed E-state index contributed by atoms with van der Waals surface area (Å²) in [6, 6.07) is 0. The van der Waals surface area contributed by atoms with Crippen LogP contribution in [-0.2, 0) is 19.2 Å². The number of fused-ring (bicyclic) bond motifs is 3. The molecule has 0 amide bonds. The average Bonchev–Trinajstić information content (AvgIpc) is 3.24. The van der Waals surface area contributed by atoms with Gasteiger partial charge in [0.05, 0.1) is 17.3 Å². The van der Waals surface area contributed by atoms with Crippen molar-refractivity contribution >= 4 is 5.97 Å². The van der Waals surface area contributed by atoms with Crippen LogP contribution in [-0.4, -0.2) is 45.8 Å². The van der Waals surface area contributed by atoms with E-state index in [1.165, 1.54) is 0 Å². The van der Waals surface area contributed by atoms with E-state index in [1.807, 2.05) is 0 Å². The highest BCUT2D eigenvalue weighted by atomic mass is 17.1. The van der Waals surface area contributed by atoms with Crippen LogP contribution in [0.1, 0.15) is 58.8 Å². The molecule has 3 fully saturated rings. The van der Waals surface area contributed by atoms with Gasteiger partial charge in [-0.15, -0.1) is 0 Å². The summed E-state index contributed by atoms with van der Waals surface area (Å²) in [5.74, 6) is -0.450. The van der Waals surface area contributed by atoms with E-state index >= 15 is 0 Å². The van der Waals surface area contributed by atoms with Crippen molar-refractivity contribution < 1.29 is 29.5 Å². The number of carbonyl (C=O) groups is 1. The highest BCUT2D eigenvalue weighted by Crippen LogP contribution is 2.46. The fourth-order valence-corrected chi connectivity index (χ4v) is 4.22. The zero-order chi connectivity index (χ0) is 19.1. The fraction of sp³-hybridized carbons (Fsp3) is 0.750. The molecule has 6 atom stereocenters. The van der Waals surface area contributed by atoms with Crippen molar-refractivity contribution in [2.45, 2.75) is 88.3 Å². The summed E-state index contributed by atoms with van der Waals surface area (Å²) in [5.41, 5.74) is -0.141. The molecule has 6 heteroatoms. The van der Waals surface area contributed by atoms with Crippen molar-refractivity contribution in [2.24, 2.45) is 5.92 Å². The Labute approximate surface area is 154 Å². The zero-order valence-electron chi connectivity index (χ0n) is 15.7. The molecule has 1 aliphatic carbocycles. The first-order valence-corrected chi connectivity index (χ1v) is 9.44. The van der Waals surface area contributed by atoms with Crippen LogP contribution >= 0.6 is 0 Å². The second-order valence-corrected chi connectivity index (χ2v) is 8.50. The highest BCUT2D eigenvalue weighted by molar-refractivity contribution is 5.89. The topological polar surface area (TPSA) is 88.5 Å². The number of hydrogen-bond acceptors (Lipinski definition) is 6. The van der Waals surface area contributed by atoms with E-state index in [2.05, 4.69) is 25.0 Å². The molecule has 0 radical (unpaired) electrons. The predicted octanol–water partition coefficient (Wildman–Crippen LogP) is 3.15. The molecule has 0 aromatic rings. The third-order valence-corrected chi connectivity index (χ3v) is 6.44. The fourth-order valence-electron chi connectivity index (χ4n) is 4.22. The van der Waals surface area contributed by atoms with Crippen LogP contribution in [0.5, 0.6) is 0 Å². The Hall–Kier alpha value is -1.21. The van der Waals surface area contributed by atoms with Crippen molar-refractivity contribution in [1.29, 1.82) is 0 Å². The molecule has 2 N–H and O–H groups in total. The summed E-state index contributed by atoms with van der Waals surface area (Å²) >= 11 is 0. The third-order valence-electron chi connectivity index (χ3n) is 6.44. The first-order valence-electron chi connectivity index (χ1n) is 9.44. The third kappa shape index (κ3) is 3.88. The van der Waals surface area contributed by atoms with Gasteiger partial charge in [0.25, 0.3) is 0 Å². The molecule has 2 aliphatic heterocycles. The Morgan fingerprint density at radius 1 is 1.15 bits per heavy atom. The molecule has 3 rings (SSSR count). The number of carbonyl (C=O) groups excluding carboxylic acids is 1. The number of hydrogen-bond donors (Lipinski definition) is 2. The second-order valence-electron chi connectivity index (χ2n) is 8.50. The van der Waals surface area contributed by atoms with E-state index in [0.717, 1.165) is 24.8 Å². The van der Waals surface area contributed by atoms with Crippen LogP contribution in [0.2, 0.25) is 0 Å². The van der Waals surface area contributed by atoms with Gasteiger partial charge >= 0.3 is 5.97 Å². The summed E-state index contributed by atoms with van der Waals surface area (Å²) in [6.45, 7) is 11.7. The molecule has 3 aliphatic rings. The SMILES string of the molecule is C=C1C(=O)O[C@@H]2C[C@H]1CC[C@]1(C)O[C@H]1CCC(=C)[C@H](OO)CC[C@]2(C)O. The van der Waals surface area contributed by atoms with E-state index in [9.17, 15) is 15.2 Å². The molecule has 6 nitrogen and oxygen atoms in total. The van der Waals surface area contributed by atoms with Gasteiger partial charge in [-0.2, -0.15) is 0 Å². The van der Waals surface area contributed by atoms with Crippen molar-refractivity contribution in [1.82, 2.24) is 0 Å². The van der Waals surface area contributed by atoms with Gasteiger partial charge in [0.2, 0.25) is 0 Å². The molecule has 0 unspecified atom stereocenters. The van der Waals surface area contributed by atoms with Crippen LogP contribution in [0.15, 0.2) is 24.3 Å². The molecule has 2 heterocycles. The predicted molar refractivity (Wildman–Crippen MR) is 95.4 cm³/mol. The average molecular weight is 366 g/mol. The van der Waals surface area contributed by atoms with E-state index in [4.69, 9.17) is 9.47 Å². The summed E-state index contributed by atoms with van der Waals surface area (Å²) in [4.78, 5) is 16.8. The number of esters is 1. The van der Waals surface area contributed by atoms with Gasteiger partial charge in [0, 0.05) is 5.57 Å². The minimum atomic E-state index is -1.21. The molecule has 2 saturated heterocycles. The van der Waals surface area contributed by atoms with Crippen molar-refractivity contribution in [3.63, 3.8) is 0 Å². The molecule has 1 saturated carbocycles. The Morgan fingerprint density at radius 3 is 2.58 bits per heavy atom. The van der Waals surface area contributed by atoms with Crippen molar-refractivity contribution in [3.8, 4) is 0 Å². The minimum absolute atomic E-state index is 0.0165. The van der Waals surface area contributed by atoms with Crippen molar-refractivity contribution in [3.05, 3.63) is 24.3 Å². The summed E-state index contributed by atoms with van der Waals surface area (Å²) < 4.78 is 11.4. The largest absolute Gasteiger partial charge is 0.456 e. The van der Waals surface area contributed by atoms with Crippen LogP contribution < -0.4 is 0 Å². The number of ether oxygens (including phenoxy) is 2. The Morgan fingerprint density at radius 2 is 1.88 bits per heavy atom. The second kappa shape index (κ2) is 7.08. The minimum Gasteiger partial charge on any atom is -0.456 e. The maximum absolute atomic E-state index is 12.2. The lowest BCUT2D eigenvalue weighted by atomic mass is 9.78. The lowest BCUT2D eigenvalue weighted by Gasteiger charge is -2.39. The molecule has 0 spiro atoms. The summed E-state index contributed by atoms with van der Waals surface area (Å²) in [5, 5.41) is 20.2. The molecule has 0 aromatic carbocycles. The Bertz CT molecular complexity index is 597. The first kappa shape index (κ1) is 19.5. The van der Waals surface area contributed by atoms with Crippen LogP contribution in [0.4, 0.5) is 0 Å². The molecule has 0 aromatic heterocycles. The standard InChI is InChI=1S/C20H30O6/c1-12-5-6-16-20(4,25-16)10-7-14-11-17(24-18(21)13(14)2)19(3,22)9-8-15(12)26-23/h14-17,22-23H,1-2,5-11H2,3-4H3/t14-,15-,16+,17-,19+,20+/m1/s1. The van der Waals surface area contributed by atoms with E-state index < -0.39 is 23.8 Å². The normalized spacial score (nSPS) is 44.7. The van der Waals surface area contributed by atoms with Gasteiger partial charge < -0.3 is 14.6 Å². The maximum atomic E-state index is 12.2. The number of rotatable bonds is 1. The van der Waals surface area contributed by atoms with Gasteiger partial charge in [-0.1, -0.05) is 13.2 Å². The molecule has 26 heavy (non-hydrogen) atoms. The van der Waals surface area contributed by atoms with Gasteiger partial charge in [0.1, 0.15) is 12.2 Å².